The van der Waals surface area contributed by atoms with Crippen molar-refractivity contribution in [3.05, 3.63) is 69.3 Å². The molecule has 0 spiro atoms. The molecule has 0 atom stereocenters. The molecule has 0 radical (unpaired) electrons. The van der Waals surface area contributed by atoms with Crippen LogP contribution in [0.15, 0.2) is 36.4 Å². The Hall–Kier alpha value is -2.90. The van der Waals surface area contributed by atoms with E-state index in [1.165, 1.54) is 12.1 Å². The van der Waals surface area contributed by atoms with Crippen LogP contribution in [-0.4, -0.2) is 31.7 Å². The van der Waals surface area contributed by atoms with Crippen molar-refractivity contribution in [3.63, 3.8) is 0 Å². The molecule has 0 unspecified atom stereocenters. The number of hydrogen-bond acceptors (Lipinski definition) is 3. The summed E-state index contributed by atoms with van der Waals surface area (Å²) in [4.78, 5) is 28.3. The quantitative estimate of drug-likeness (QED) is 0.419. The third kappa shape index (κ3) is 4.75. The summed E-state index contributed by atoms with van der Waals surface area (Å²) in [6.45, 7) is 0. The number of hydrogen-bond donors (Lipinski definition) is 2. The number of carboxylic acid groups (broad SMARTS) is 2. The van der Waals surface area contributed by atoms with Gasteiger partial charge in [-0.2, -0.15) is 0 Å². The molecule has 1 saturated carbocycles. The number of benzene rings is 2. The van der Waals surface area contributed by atoms with Gasteiger partial charge in [-0.05, 0) is 48.7 Å². The molecule has 1 heterocycles. The molecule has 172 valence electrons. The second-order valence-corrected chi connectivity index (χ2v) is 8.96. The van der Waals surface area contributed by atoms with Crippen LogP contribution in [0, 0.1) is 5.82 Å². The number of aromatic nitrogens is 2. The second kappa shape index (κ2) is 9.53. The zero-order valence-corrected chi connectivity index (χ0v) is 19.0. The SMILES string of the molecule is O=C(O)Cc1ccc(Cl)cc1-n1c(C2CCCCC2)nc(C(=O)O)c1-c1ccc(F)c(Cl)c1. The standard InChI is InChI=1S/C24H21Cl2FN2O4/c25-16-8-6-14(11-20(30)31)19(12-16)29-22(15-7-9-18(27)17(26)10-15)21(24(32)33)28-23(29)13-4-2-1-3-5-13/h6-10,12-13H,1-5,11H2,(H,30,31)(H,32,33). The third-order valence-electron chi connectivity index (χ3n) is 5.90. The number of carboxylic acids is 2. The van der Waals surface area contributed by atoms with Crippen molar-refractivity contribution in [1.82, 2.24) is 9.55 Å². The highest BCUT2D eigenvalue weighted by atomic mass is 35.5. The van der Waals surface area contributed by atoms with E-state index in [9.17, 15) is 24.2 Å². The summed E-state index contributed by atoms with van der Waals surface area (Å²) in [6, 6.07) is 8.76. The van der Waals surface area contributed by atoms with Crippen molar-refractivity contribution in [2.75, 3.05) is 0 Å². The number of halogens is 3. The van der Waals surface area contributed by atoms with E-state index in [0.29, 0.717) is 27.7 Å². The van der Waals surface area contributed by atoms with Crippen LogP contribution in [0.3, 0.4) is 0 Å². The molecule has 0 aliphatic heterocycles. The minimum Gasteiger partial charge on any atom is -0.481 e. The maximum Gasteiger partial charge on any atom is 0.356 e. The molecule has 0 saturated heterocycles. The molecule has 2 aromatic carbocycles. The Kier molecular flexibility index (Phi) is 6.72. The summed E-state index contributed by atoms with van der Waals surface area (Å²) >= 11 is 12.3. The maximum absolute atomic E-state index is 13.9. The Morgan fingerprint density at radius 3 is 2.42 bits per heavy atom. The minimum atomic E-state index is -1.25. The van der Waals surface area contributed by atoms with E-state index in [-0.39, 0.29) is 28.7 Å². The molecule has 0 amide bonds. The first-order valence-corrected chi connectivity index (χ1v) is 11.3. The lowest BCUT2D eigenvalue weighted by Gasteiger charge is -2.24. The number of nitrogens with zero attached hydrogens (tertiary/aromatic N) is 2. The summed E-state index contributed by atoms with van der Waals surface area (Å²) in [7, 11) is 0. The Morgan fingerprint density at radius 2 is 1.79 bits per heavy atom. The van der Waals surface area contributed by atoms with Gasteiger partial charge in [-0.15, -0.1) is 0 Å². The molecule has 0 bridgehead atoms. The van der Waals surface area contributed by atoms with Gasteiger partial charge in [0.15, 0.2) is 5.69 Å². The molecule has 33 heavy (non-hydrogen) atoms. The Balaban J connectivity index is 2.07. The highest BCUT2D eigenvalue weighted by Crippen LogP contribution is 2.39. The van der Waals surface area contributed by atoms with Crippen molar-refractivity contribution >= 4 is 35.1 Å². The van der Waals surface area contributed by atoms with E-state index in [1.807, 2.05) is 0 Å². The van der Waals surface area contributed by atoms with Gasteiger partial charge in [0.25, 0.3) is 0 Å². The average molecular weight is 491 g/mol. The van der Waals surface area contributed by atoms with Gasteiger partial charge in [-0.3, -0.25) is 9.36 Å². The Labute approximate surface area is 199 Å². The number of aromatic carboxylic acids is 1. The normalized spacial score (nSPS) is 14.4. The first-order valence-electron chi connectivity index (χ1n) is 10.6. The summed E-state index contributed by atoms with van der Waals surface area (Å²) < 4.78 is 15.6. The topological polar surface area (TPSA) is 92.4 Å². The molecule has 1 aromatic heterocycles. The van der Waals surface area contributed by atoms with Crippen LogP contribution in [0.2, 0.25) is 10.0 Å². The predicted octanol–water partition coefficient (Wildman–Crippen LogP) is 6.36. The lowest BCUT2D eigenvalue weighted by atomic mass is 9.88. The third-order valence-corrected chi connectivity index (χ3v) is 6.42. The molecule has 4 rings (SSSR count). The molecule has 1 aliphatic carbocycles. The Bertz CT molecular complexity index is 1240. The lowest BCUT2D eigenvalue weighted by molar-refractivity contribution is -0.136. The van der Waals surface area contributed by atoms with Crippen LogP contribution in [0.4, 0.5) is 4.39 Å². The fourth-order valence-corrected chi connectivity index (χ4v) is 4.78. The first-order chi connectivity index (χ1) is 15.8. The van der Waals surface area contributed by atoms with Crippen molar-refractivity contribution < 1.29 is 24.2 Å². The van der Waals surface area contributed by atoms with Crippen LogP contribution < -0.4 is 0 Å². The fraction of sp³-hybridized carbons (Fsp3) is 0.292. The van der Waals surface area contributed by atoms with Gasteiger partial charge in [0.05, 0.1) is 22.8 Å². The number of rotatable bonds is 6. The van der Waals surface area contributed by atoms with Gasteiger partial charge >= 0.3 is 11.9 Å². The second-order valence-electron chi connectivity index (χ2n) is 8.12. The van der Waals surface area contributed by atoms with Crippen molar-refractivity contribution in [2.24, 2.45) is 0 Å². The zero-order valence-electron chi connectivity index (χ0n) is 17.5. The zero-order chi connectivity index (χ0) is 23.7. The first kappa shape index (κ1) is 23.3. The van der Waals surface area contributed by atoms with Gasteiger partial charge in [-0.1, -0.05) is 48.5 Å². The maximum atomic E-state index is 13.9. The number of aliphatic carboxylic acids is 1. The summed E-state index contributed by atoms with van der Waals surface area (Å²) in [5, 5.41) is 19.7. The summed E-state index contributed by atoms with van der Waals surface area (Å²) in [5.41, 5.74) is 1.24. The van der Waals surface area contributed by atoms with Crippen LogP contribution in [0.5, 0.6) is 0 Å². The smallest absolute Gasteiger partial charge is 0.356 e. The van der Waals surface area contributed by atoms with Gasteiger partial charge in [-0.25, -0.2) is 14.2 Å². The van der Waals surface area contributed by atoms with Crippen LogP contribution in [0.25, 0.3) is 16.9 Å². The lowest BCUT2D eigenvalue weighted by Crippen LogP contribution is -2.14. The van der Waals surface area contributed by atoms with Gasteiger partial charge in [0.2, 0.25) is 0 Å². The van der Waals surface area contributed by atoms with Crippen LogP contribution >= 0.6 is 23.2 Å². The number of carbonyl (C=O) groups is 2. The molecular formula is C24H21Cl2FN2O4. The van der Waals surface area contributed by atoms with Crippen molar-refractivity contribution in [2.45, 2.75) is 44.4 Å². The van der Waals surface area contributed by atoms with Gasteiger partial charge in [0.1, 0.15) is 11.6 Å². The largest absolute Gasteiger partial charge is 0.481 e. The van der Waals surface area contributed by atoms with Crippen molar-refractivity contribution in [1.29, 1.82) is 0 Å². The number of imidazole rings is 1. The van der Waals surface area contributed by atoms with E-state index in [4.69, 9.17) is 23.2 Å². The molecule has 3 aromatic rings. The fourth-order valence-electron chi connectivity index (χ4n) is 4.43. The molecular weight excluding hydrogens is 470 g/mol. The van der Waals surface area contributed by atoms with Crippen molar-refractivity contribution in [3.8, 4) is 16.9 Å². The predicted molar refractivity (Wildman–Crippen MR) is 123 cm³/mol. The highest BCUT2D eigenvalue weighted by molar-refractivity contribution is 6.31. The van der Waals surface area contributed by atoms with Crippen LogP contribution in [-0.2, 0) is 11.2 Å². The monoisotopic (exact) mass is 490 g/mol. The van der Waals surface area contributed by atoms with E-state index < -0.39 is 17.8 Å². The summed E-state index contributed by atoms with van der Waals surface area (Å²) in [5.74, 6) is -2.41. The van der Waals surface area contributed by atoms with E-state index in [0.717, 1.165) is 38.2 Å². The molecule has 6 nitrogen and oxygen atoms in total. The minimum absolute atomic E-state index is 0.0156. The highest BCUT2D eigenvalue weighted by Gasteiger charge is 2.30. The molecule has 9 heteroatoms. The summed E-state index contributed by atoms with van der Waals surface area (Å²) in [6.07, 6.45) is 4.42. The van der Waals surface area contributed by atoms with E-state index in [1.54, 1.807) is 22.8 Å². The Morgan fingerprint density at radius 1 is 1.06 bits per heavy atom. The van der Waals surface area contributed by atoms with Crippen LogP contribution in [0.1, 0.15) is 59.9 Å². The molecule has 1 fully saturated rings. The van der Waals surface area contributed by atoms with Gasteiger partial charge in [0, 0.05) is 16.5 Å². The van der Waals surface area contributed by atoms with E-state index >= 15 is 0 Å². The van der Waals surface area contributed by atoms with Gasteiger partial charge < -0.3 is 10.2 Å². The molecule has 1 aliphatic rings. The average Bonchev–Trinajstić information content (AvgIpc) is 3.18. The van der Waals surface area contributed by atoms with E-state index in [2.05, 4.69) is 4.98 Å². The molecule has 2 N–H and O–H groups in total.